The molecule has 0 radical (unpaired) electrons. The van der Waals surface area contributed by atoms with Crippen molar-refractivity contribution in [1.29, 1.82) is 0 Å². The van der Waals surface area contributed by atoms with E-state index >= 15 is 0 Å². The topological polar surface area (TPSA) is 52.6 Å². The third kappa shape index (κ3) is 9.72. The molecule has 0 N–H and O–H groups in total. The van der Waals surface area contributed by atoms with Crippen LogP contribution in [0, 0.1) is 10.8 Å². The molecule has 196 valence electrons. The average Bonchev–Trinajstić information content (AvgIpc) is 2.83. The van der Waals surface area contributed by atoms with Crippen molar-refractivity contribution >= 4 is 31.1 Å². The van der Waals surface area contributed by atoms with Gasteiger partial charge in [0.15, 0.2) is 0 Å². The maximum atomic E-state index is 13.8. The van der Waals surface area contributed by atoms with Crippen molar-refractivity contribution in [2.75, 3.05) is 0 Å². The van der Waals surface area contributed by atoms with Crippen LogP contribution in [0.15, 0.2) is 0 Å². The van der Waals surface area contributed by atoms with Crippen LogP contribution in [-0.2, 0) is 15.7 Å². The molecule has 0 unspecified atom stereocenters. The first-order valence-electron chi connectivity index (χ1n) is 14.2. The van der Waals surface area contributed by atoms with Crippen LogP contribution in [0.2, 0.25) is 8.87 Å². The van der Waals surface area contributed by atoms with Gasteiger partial charge in [-0.2, -0.15) is 0 Å². The summed E-state index contributed by atoms with van der Waals surface area (Å²) in [5.41, 5.74) is -0.893. The van der Waals surface area contributed by atoms with Crippen molar-refractivity contribution in [3.63, 3.8) is 0 Å². The van der Waals surface area contributed by atoms with E-state index in [2.05, 4.69) is 55.4 Å². The number of unbranched alkanes of at least 4 members (excludes halogenated alkanes) is 4. The number of rotatable bonds is 20. The molecule has 0 aliphatic carbocycles. The molecule has 4 nitrogen and oxygen atoms in total. The summed E-state index contributed by atoms with van der Waals surface area (Å²) in [6.45, 7) is 17.1. The first kappa shape index (κ1) is 32.7. The van der Waals surface area contributed by atoms with Crippen LogP contribution in [0.4, 0.5) is 0 Å². The molecule has 0 spiro atoms. The van der Waals surface area contributed by atoms with E-state index in [1.54, 1.807) is 0 Å². The molecular formula is C28H56O4Sn. The van der Waals surface area contributed by atoms with Gasteiger partial charge < -0.3 is 0 Å². The number of carbonyl (C=O) groups is 2. The molecule has 0 saturated heterocycles. The monoisotopic (exact) mass is 576 g/mol. The molecule has 0 fully saturated rings. The predicted octanol–water partition coefficient (Wildman–Crippen LogP) is 9.11. The van der Waals surface area contributed by atoms with Gasteiger partial charge in [-0.1, -0.05) is 0 Å². The standard InChI is InChI=1S/2C10H20O2.2C4H9.Sn/c2*1-4-7-8-10(5-2,6-3)9(11)12;2*1-3-4-2;/h2*4-8H2,1-3H3,(H,11,12);2*1,3-4H2,2H3;/q;;;;+2/p-2. The molecule has 0 amide bonds. The molecule has 0 aliphatic rings. The molecule has 0 bridgehead atoms. The van der Waals surface area contributed by atoms with Gasteiger partial charge in [0.05, 0.1) is 0 Å². The summed E-state index contributed by atoms with van der Waals surface area (Å²) in [6, 6.07) is 0. The van der Waals surface area contributed by atoms with Gasteiger partial charge in [-0.3, -0.25) is 0 Å². The normalized spacial score (nSPS) is 12.6. The average molecular weight is 575 g/mol. The molecule has 0 rings (SSSR count). The Labute approximate surface area is 211 Å². The van der Waals surface area contributed by atoms with Crippen LogP contribution in [0.1, 0.15) is 145 Å². The second kappa shape index (κ2) is 17.2. The fourth-order valence-electron chi connectivity index (χ4n) is 4.82. The van der Waals surface area contributed by atoms with E-state index in [1.807, 2.05) is 0 Å². The molecule has 33 heavy (non-hydrogen) atoms. The minimum absolute atomic E-state index is 0.0797. The Bertz CT molecular complexity index is 490. The Morgan fingerprint density at radius 1 is 0.545 bits per heavy atom. The zero-order chi connectivity index (χ0) is 25.4. The molecule has 0 aliphatic heterocycles. The van der Waals surface area contributed by atoms with Crippen LogP contribution in [0.3, 0.4) is 0 Å². The summed E-state index contributed by atoms with van der Waals surface area (Å²) in [4.78, 5) is 27.5. The zero-order valence-corrected chi connectivity index (χ0v) is 26.3. The summed E-state index contributed by atoms with van der Waals surface area (Å²) in [6.07, 6.45) is 13.0. The second-order valence-corrected chi connectivity index (χ2v) is 19.3. The number of carbonyl (C=O) groups excluding carboxylic acids is 2. The minimum atomic E-state index is -3.99. The van der Waals surface area contributed by atoms with E-state index in [4.69, 9.17) is 6.15 Å². The Hall–Kier alpha value is -0.261. The first-order chi connectivity index (χ1) is 15.7. The number of hydrogen-bond donors (Lipinski definition) is 0. The van der Waals surface area contributed by atoms with E-state index in [1.165, 1.54) is 0 Å². The quantitative estimate of drug-likeness (QED) is 0.136. The summed E-state index contributed by atoms with van der Waals surface area (Å²) in [7, 11) is 0. The zero-order valence-electron chi connectivity index (χ0n) is 23.4. The molecule has 0 aromatic carbocycles. The van der Waals surface area contributed by atoms with Crippen LogP contribution in [0.5, 0.6) is 0 Å². The van der Waals surface area contributed by atoms with Gasteiger partial charge in [-0.25, -0.2) is 0 Å². The van der Waals surface area contributed by atoms with Gasteiger partial charge in [0, 0.05) is 0 Å². The molecule has 0 saturated carbocycles. The van der Waals surface area contributed by atoms with E-state index in [0.717, 1.165) is 98.8 Å². The van der Waals surface area contributed by atoms with Crippen molar-refractivity contribution in [2.24, 2.45) is 10.8 Å². The number of hydrogen-bond acceptors (Lipinski definition) is 4. The van der Waals surface area contributed by atoms with Crippen molar-refractivity contribution < 1.29 is 15.7 Å². The third-order valence-electron chi connectivity index (χ3n) is 7.97. The molecule has 0 atom stereocenters. The molecule has 0 heterocycles. The third-order valence-corrected chi connectivity index (χ3v) is 17.5. The Morgan fingerprint density at radius 2 is 0.848 bits per heavy atom. The van der Waals surface area contributed by atoms with E-state index in [-0.39, 0.29) is 11.9 Å². The summed E-state index contributed by atoms with van der Waals surface area (Å²) in [5, 5.41) is 0. The molecule has 0 aromatic rings. The van der Waals surface area contributed by atoms with Crippen LogP contribution in [0.25, 0.3) is 0 Å². The summed E-state index contributed by atoms with van der Waals surface area (Å²) >= 11 is -3.99. The van der Waals surface area contributed by atoms with E-state index in [0.29, 0.717) is 0 Å². The van der Waals surface area contributed by atoms with Gasteiger partial charge in [0.25, 0.3) is 0 Å². The fraction of sp³-hybridized carbons (Fsp3) is 0.929. The van der Waals surface area contributed by atoms with Crippen molar-refractivity contribution in [2.45, 2.75) is 154 Å². The van der Waals surface area contributed by atoms with Crippen molar-refractivity contribution in [3.05, 3.63) is 0 Å². The van der Waals surface area contributed by atoms with Gasteiger partial charge in [-0.15, -0.1) is 0 Å². The van der Waals surface area contributed by atoms with Gasteiger partial charge in [0.2, 0.25) is 0 Å². The first-order valence-corrected chi connectivity index (χ1v) is 20.6. The van der Waals surface area contributed by atoms with E-state index in [9.17, 15) is 9.59 Å². The van der Waals surface area contributed by atoms with Gasteiger partial charge in [0.1, 0.15) is 0 Å². The molecular weight excluding hydrogens is 519 g/mol. The van der Waals surface area contributed by atoms with Crippen molar-refractivity contribution in [1.82, 2.24) is 0 Å². The Kier molecular flexibility index (Phi) is 17.1. The second-order valence-electron chi connectivity index (χ2n) is 10.1. The Morgan fingerprint density at radius 3 is 1.09 bits per heavy atom. The SMILES string of the molecule is CCCCC(CC)(CC)C(=O)[O][Sn]([CH2]CCC)([CH2]CCC)[O]C(=O)C(CC)(CC)CCCC. The van der Waals surface area contributed by atoms with Crippen LogP contribution >= 0.6 is 0 Å². The fourth-order valence-corrected chi connectivity index (χ4v) is 15.1. The molecule has 5 heteroatoms. The van der Waals surface area contributed by atoms with Crippen LogP contribution < -0.4 is 0 Å². The summed E-state index contributed by atoms with van der Waals surface area (Å²) in [5.74, 6) is -0.159. The predicted molar refractivity (Wildman–Crippen MR) is 142 cm³/mol. The summed E-state index contributed by atoms with van der Waals surface area (Å²) < 4.78 is 14.7. The molecule has 0 aromatic heterocycles. The Balaban J connectivity index is 6.16. The van der Waals surface area contributed by atoms with Gasteiger partial charge in [-0.05, 0) is 0 Å². The van der Waals surface area contributed by atoms with Crippen molar-refractivity contribution in [3.8, 4) is 0 Å². The van der Waals surface area contributed by atoms with Crippen LogP contribution in [-0.4, -0.2) is 31.1 Å². The van der Waals surface area contributed by atoms with Gasteiger partial charge >= 0.3 is 212 Å². The van der Waals surface area contributed by atoms with E-state index < -0.39 is 30.0 Å². The maximum absolute atomic E-state index is 13.8.